The second kappa shape index (κ2) is 4.40. The first-order valence-electron chi connectivity index (χ1n) is 7.71. The van der Waals surface area contributed by atoms with Gasteiger partial charge in [0.2, 0.25) is 0 Å². The minimum atomic E-state index is 0.455. The molecule has 4 unspecified atom stereocenters. The van der Waals surface area contributed by atoms with Crippen LogP contribution < -0.4 is 0 Å². The van der Waals surface area contributed by atoms with E-state index in [1.807, 2.05) is 0 Å². The molecule has 0 radical (unpaired) electrons. The molecule has 1 fully saturated rings. The third-order valence-corrected chi connectivity index (χ3v) is 5.71. The SMILES string of the molecule is CC1C=CC2=C(C=C1)C1(C)CCCC(C)C1CC2. The average molecular weight is 242 g/mol. The summed E-state index contributed by atoms with van der Waals surface area (Å²) in [5, 5.41) is 0. The zero-order valence-corrected chi connectivity index (χ0v) is 12.1. The Hall–Kier alpha value is -0.780. The Balaban J connectivity index is 2.04. The molecule has 0 aliphatic heterocycles. The lowest BCUT2D eigenvalue weighted by atomic mass is 9.55. The van der Waals surface area contributed by atoms with Gasteiger partial charge >= 0.3 is 0 Å². The van der Waals surface area contributed by atoms with Gasteiger partial charge in [0.05, 0.1) is 0 Å². The molecule has 0 amide bonds. The van der Waals surface area contributed by atoms with E-state index in [2.05, 4.69) is 45.1 Å². The highest BCUT2D eigenvalue weighted by Gasteiger charge is 2.45. The van der Waals surface area contributed by atoms with Gasteiger partial charge in [0.15, 0.2) is 0 Å². The van der Waals surface area contributed by atoms with E-state index in [9.17, 15) is 0 Å². The molecular formula is C18H26. The first-order valence-corrected chi connectivity index (χ1v) is 7.71. The van der Waals surface area contributed by atoms with Gasteiger partial charge in [-0.3, -0.25) is 0 Å². The van der Waals surface area contributed by atoms with Crippen molar-refractivity contribution in [1.29, 1.82) is 0 Å². The molecule has 0 heteroatoms. The molecule has 98 valence electrons. The van der Waals surface area contributed by atoms with Gasteiger partial charge in [-0.2, -0.15) is 0 Å². The highest BCUT2D eigenvalue weighted by molar-refractivity contribution is 5.43. The maximum atomic E-state index is 2.54. The van der Waals surface area contributed by atoms with Crippen molar-refractivity contribution in [2.24, 2.45) is 23.2 Å². The Kier molecular flexibility index (Phi) is 3.00. The lowest BCUT2D eigenvalue weighted by Gasteiger charge is -2.50. The molecule has 0 aromatic carbocycles. The van der Waals surface area contributed by atoms with Crippen LogP contribution in [0.3, 0.4) is 0 Å². The van der Waals surface area contributed by atoms with E-state index < -0.39 is 0 Å². The van der Waals surface area contributed by atoms with Crippen LogP contribution in [0.4, 0.5) is 0 Å². The molecule has 0 bridgehead atoms. The summed E-state index contributed by atoms with van der Waals surface area (Å²) in [4.78, 5) is 0. The van der Waals surface area contributed by atoms with Gasteiger partial charge < -0.3 is 0 Å². The predicted octanol–water partition coefficient (Wildman–Crippen LogP) is 5.28. The van der Waals surface area contributed by atoms with Crippen molar-refractivity contribution in [3.8, 4) is 0 Å². The molecule has 0 aromatic rings. The Morgan fingerprint density at radius 3 is 2.72 bits per heavy atom. The molecule has 0 aromatic heterocycles. The molecule has 18 heavy (non-hydrogen) atoms. The maximum Gasteiger partial charge on any atom is -0.00418 e. The molecule has 4 atom stereocenters. The van der Waals surface area contributed by atoms with E-state index in [0.29, 0.717) is 11.3 Å². The van der Waals surface area contributed by atoms with E-state index in [4.69, 9.17) is 0 Å². The van der Waals surface area contributed by atoms with Crippen LogP contribution in [0.2, 0.25) is 0 Å². The molecule has 3 rings (SSSR count). The van der Waals surface area contributed by atoms with Gasteiger partial charge in [0, 0.05) is 0 Å². The van der Waals surface area contributed by atoms with Gasteiger partial charge in [0.25, 0.3) is 0 Å². The summed E-state index contributed by atoms with van der Waals surface area (Å²) in [6, 6.07) is 0. The second-order valence-electron chi connectivity index (χ2n) is 6.95. The Morgan fingerprint density at radius 1 is 1.11 bits per heavy atom. The van der Waals surface area contributed by atoms with Crippen LogP contribution >= 0.6 is 0 Å². The minimum absolute atomic E-state index is 0.455. The van der Waals surface area contributed by atoms with Crippen LogP contribution in [0.15, 0.2) is 35.5 Å². The zero-order chi connectivity index (χ0) is 12.8. The van der Waals surface area contributed by atoms with Crippen molar-refractivity contribution in [2.75, 3.05) is 0 Å². The summed E-state index contributed by atoms with van der Waals surface area (Å²) in [5.74, 6) is 2.42. The van der Waals surface area contributed by atoms with Crippen molar-refractivity contribution in [3.05, 3.63) is 35.5 Å². The predicted molar refractivity (Wildman–Crippen MR) is 78.3 cm³/mol. The molecule has 0 saturated heterocycles. The number of hydrogen-bond acceptors (Lipinski definition) is 0. The van der Waals surface area contributed by atoms with Crippen LogP contribution in [0, 0.1) is 23.2 Å². The lowest BCUT2D eigenvalue weighted by molar-refractivity contribution is 0.0859. The fourth-order valence-electron chi connectivity index (χ4n) is 4.61. The van der Waals surface area contributed by atoms with Gasteiger partial charge in [-0.15, -0.1) is 0 Å². The summed E-state index contributed by atoms with van der Waals surface area (Å²) >= 11 is 0. The summed E-state index contributed by atoms with van der Waals surface area (Å²) in [7, 11) is 0. The molecule has 0 heterocycles. The maximum absolute atomic E-state index is 2.54. The largest absolute Gasteiger partial charge is 0.0776 e. The van der Waals surface area contributed by atoms with E-state index in [1.165, 1.54) is 32.1 Å². The summed E-state index contributed by atoms with van der Waals surface area (Å²) in [6.07, 6.45) is 16.6. The first kappa shape index (κ1) is 12.3. The van der Waals surface area contributed by atoms with Gasteiger partial charge in [-0.1, -0.05) is 57.9 Å². The van der Waals surface area contributed by atoms with Crippen LogP contribution in [0.1, 0.15) is 52.9 Å². The topological polar surface area (TPSA) is 0 Å². The highest BCUT2D eigenvalue weighted by atomic mass is 14.5. The lowest BCUT2D eigenvalue weighted by Crippen LogP contribution is -2.40. The average Bonchev–Trinajstić information content (AvgIpc) is 2.52. The molecular weight excluding hydrogens is 216 g/mol. The van der Waals surface area contributed by atoms with Gasteiger partial charge in [0.1, 0.15) is 0 Å². The number of allylic oxidation sites excluding steroid dienone is 6. The standard InChI is InChI=1S/C18H26/c1-13-6-8-15-9-11-16-14(2)5-4-12-18(16,3)17(15)10-7-13/h6-8,10,13-14,16H,4-5,9,11-12H2,1-3H3. The van der Waals surface area contributed by atoms with E-state index in [1.54, 1.807) is 11.1 Å². The van der Waals surface area contributed by atoms with E-state index in [0.717, 1.165) is 11.8 Å². The second-order valence-corrected chi connectivity index (χ2v) is 6.95. The smallest absolute Gasteiger partial charge is 0.00418 e. The van der Waals surface area contributed by atoms with Crippen molar-refractivity contribution in [2.45, 2.75) is 52.9 Å². The Morgan fingerprint density at radius 2 is 1.89 bits per heavy atom. The minimum Gasteiger partial charge on any atom is -0.0776 e. The summed E-state index contributed by atoms with van der Waals surface area (Å²) < 4.78 is 0. The summed E-state index contributed by atoms with van der Waals surface area (Å²) in [5.41, 5.74) is 3.75. The Bertz CT molecular complexity index is 423. The van der Waals surface area contributed by atoms with Crippen LogP contribution in [-0.2, 0) is 0 Å². The monoisotopic (exact) mass is 242 g/mol. The van der Waals surface area contributed by atoms with Gasteiger partial charge in [-0.05, 0) is 53.6 Å². The molecule has 3 aliphatic rings. The third-order valence-electron chi connectivity index (χ3n) is 5.71. The Labute approximate surface area is 112 Å². The molecule has 0 spiro atoms. The highest BCUT2D eigenvalue weighted by Crippen LogP contribution is 2.55. The van der Waals surface area contributed by atoms with Crippen LogP contribution in [-0.4, -0.2) is 0 Å². The van der Waals surface area contributed by atoms with Crippen molar-refractivity contribution in [3.63, 3.8) is 0 Å². The first-order chi connectivity index (χ1) is 8.61. The fraction of sp³-hybridized carbons (Fsp3) is 0.667. The van der Waals surface area contributed by atoms with Crippen molar-refractivity contribution in [1.82, 2.24) is 0 Å². The van der Waals surface area contributed by atoms with Crippen LogP contribution in [0.5, 0.6) is 0 Å². The van der Waals surface area contributed by atoms with E-state index in [-0.39, 0.29) is 0 Å². The number of fused-ring (bicyclic) bond motifs is 2. The normalized spacial score (nSPS) is 43.4. The fourth-order valence-corrected chi connectivity index (χ4v) is 4.61. The zero-order valence-electron chi connectivity index (χ0n) is 12.1. The van der Waals surface area contributed by atoms with Gasteiger partial charge in [-0.25, -0.2) is 0 Å². The number of rotatable bonds is 0. The quantitative estimate of drug-likeness (QED) is 0.542. The molecule has 1 saturated carbocycles. The van der Waals surface area contributed by atoms with Crippen molar-refractivity contribution < 1.29 is 0 Å². The molecule has 0 nitrogen and oxygen atoms in total. The molecule has 0 N–H and O–H groups in total. The number of hydrogen-bond donors (Lipinski definition) is 0. The molecule has 3 aliphatic carbocycles. The summed E-state index contributed by atoms with van der Waals surface area (Å²) in [6.45, 7) is 7.30. The van der Waals surface area contributed by atoms with Crippen LogP contribution in [0.25, 0.3) is 0 Å². The third kappa shape index (κ3) is 1.81. The van der Waals surface area contributed by atoms with E-state index >= 15 is 0 Å². The van der Waals surface area contributed by atoms with Crippen molar-refractivity contribution >= 4 is 0 Å².